The highest BCUT2D eigenvalue weighted by molar-refractivity contribution is 7.11. The molecule has 0 aliphatic carbocycles. The van der Waals surface area contributed by atoms with E-state index in [9.17, 15) is 9.59 Å². The van der Waals surface area contributed by atoms with Gasteiger partial charge in [0.15, 0.2) is 5.01 Å². The summed E-state index contributed by atoms with van der Waals surface area (Å²) in [6, 6.07) is -1.08. The monoisotopic (exact) mass is 215 g/mol. The predicted molar refractivity (Wildman–Crippen MR) is 50.1 cm³/mol. The molecule has 1 aromatic rings. The molecule has 0 saturated heterocycles. The minimum atomic E-state index is -1.15. The predicted octanol–water partition coefficient (Wildman–Crippen LogP) is -0.715. The lowest BCUT2D eigenvalue weighted by molar-refractivity contribution is -0.138. The number of amides is 1. The lowest BCUT2D eigenvalue weighted by atomic mass is 10.3. The quantitative estimate of drug-likeness (QED) is 0.615. The van der Waals surface area contributed by atoms with Crippen molar-refractivity contribution < 1.29 is 14.7 Å². The van der Waals surface area contributed by atoms with Gasteiger partial charge in [-0.1, -0.05) is 0 Å². The van der Waals surface area contributed by atoms with Gasteiger partial charge in [-0.15, -0.1) is 11.3 Å². The van der Waals surface area contributed by atoms with Gasteiger partial charge in [-0.3, -0.25) is 9.59 Å². The maximum absolute atomic E-state index is 11.2. The number of hydrogen-bond acceptors (Lipinski definition) is 5. The molecule has 1 amide bonds. The fourth-order valence-electron chi connectivity index (χ4n) is 0.701. The van der Waals surface area contributed by atoms with Crippen LogP contribution in [0.5, 0.6) is 0 Å². The van der Waals surface area contributed by atoms with Crippen LogP contribution < -0.4 is 11.1 Å². The minimum Gasteiger partial charge on any atom is -0.480 e. The van der Waals surface area contributed by atoms with E-state index in [1.807, 2.05) is 0 Å². The van der Waals surface area contributed by atoms with Crippen LogP contribution in [0.1, 0.15) is 9.80 Å². The van der Waals surface area contributed by atoms with Crippen molar-refractivity contribution in [1.29, 1.82) is 0 Å². The van der Waals surface area contributed by atoms with Gasteiger partial charge in [0.1, 0.15) is 6.04 Å². The lowest BCUT2D eigenvalue weighted by Crippen LogP contribution is -2.42. The number of nitrogens with zero attached hydrogens (tertiary/aromatic N) is 1. The number of carboxylic acids is 1. The third kappa shape index (κ3) is 2.79. The molecule has 6 nitrogen and oxygen atoms in total. The Morgan fingerprint density at radius 1 is 1.71 bits per heavy atom. The van der Waals surface area contributed by atoms with E-state index in [4.69, 9.17) is 10.8 Å². The molecule has 76 valence electrons. The van der Waals surface area contributed by atoms with Gasteiger partial charge < -0.3 is 16.2 Å². The molecule has 1 atom stereocenters. The normalized spacial score (nSPS) is 12.1. The number of nitrogens with two attached hydrogens (primary N) is 1. The molecule has 4 N–H and O–H groups in total. The molecule has 0 bridgehead atoms. The van der Waals surface area contributed by atoms with Gasteiger partial charge in [-0.25, -0.2) is 4.98 Å². The molecule has 1 rings (SSSR count). The summed E-state index contributed by atoms with van der Waals surface area (Å²) in [6.07, 6.45) is 1.50. The van der Waals surface area contributed by atoms with Crippen molar-refractivity contribution in [3.63, 3.8) is 0 Å². The molecular weight excluding hydrogens is 206 g/mol. The van der Waals surface area contributed by atoms with E-state index in [0.717, 1.165) is 0 Å². The van der Waals surface area contributed by atoms with E-state index >= 15 is 0 Å². The largest absolute Gasteiger partial charge is 0.480 e. The van der Waals surface area contributed by atoms with Crippen molar-refractivity contribution in [2.75, 3.05) is 6.54 Å². The summed E-state index contributed by atoms with van der Waals surface area (Å²) in [4.78, 5) is 25.3. The summed E-state index contributed by atoms with van der Waals surface area (Å²) in [7, 11) is 0. The summed E-state index contributed by atoms with van der Waals surface area (Å²) >= 11 is 1.18. The molecule has 0 aliphatic heterocycles. The van der Waals surface area contributed by atoms with Crippen LogP contribution in [-0.2, 0) is 4.79 Å². The molecule has 14 heavy (non-hydrogen) atoms. The Bertz CT molecular complexity index is 325. The van der Waals surface area contributed by atoms with Crippen molar-refractivity contribution in [1.82, 2.24) is 10.3 Å². The number of carbonyl (C=O) groups excluding carboxylic acids is 1. The number of thiazole rings is 1. The summed E-state index contributed by atoms with van der Waals surface area (Å²) in [6.45, 7) is -0.103. The first-order valence-electron chi connectivity index (χ1n) is 3.77. The van der Waals surface area contributed by atoms with E-state index in [0.29, 0.717) is 5.01 Å². The van der Waals surface area contributed by atoms with E-state index in [2.05, 4.69) is 10.3 Å². The molecule has 0 fully saturated rings. The highest BCUT2D eigenvalue weighted by Gasteiger charge is 2.14. The topological polar surface area (TPSA) is 105 Å². The standard InChI is InChI=1S/C7H9N3O3S/c8-4(7(12)13)3-10-5(11)6-9-1-2-14-6/h1-2,4H,3,8H2,(H,10,11)(H,12,13)/t4-/m0/s1. The zero-order valence-electron chi connectivity index (χ0n) is 7.14. The fourth-order valence-corrected chi connectivity index (χ4v) is 1.25. The Morgan fingerprint density at radius 3 is 2.93 bits per heavy atom. The number of aromatic nitrogens is 1. The number of aliphatic carboxylic acids is 1. The first kappa shape index (κ1) is 10.6. The maximum atomic E-state index is 11.2. The van der Waals surface area contributed by atoms with Crippen LogP contribution in [0, 0.1) is 0 Å². The molecule has 0 aromatic carbocycles. The van der Waals surface area contributed by atoms with E-state index in [1.165, 1.54) is 17.5 Å². The third-order valence-electron chi connectivity index (χ3n) is 1.43. The maximum Gasteiger partial charge on any atom is 0.322 e. The molecule has 0 saturated carbocycles. The van der Waals surface area contributed by atoms with Gasteiger partial charge in [-0.05, 0) is 0 Å². The Hall–Kier alpha value is -1.47. The molecule has 0 unspecified atom stereocenters. The summed E-state index contributed by atoms with van der Waals surface area (Å²) < 4.78 is 0. The highest BCUT2D eigenvalue weighted by atomic mass is 32.1. The van der Waals surface area contributed by atoms with Gasteiger partial charge in [0.2, 0.25) is 0 Å². The van der Waals surface area contributed by atoms with Crippen molar-refractivity contribution in [2.45, 2.75) is 6.04 Å². The van der Waals surface area contributed by atoms with Crippen LogP contribution in [0.3, 0.4) is 0 Å². The van der Waals surface area contributed by atoms with Gasteiger partial charge in [0.05, 0.1) is 0 Å². The highest BCUT2D eigenvalue weighted by Crippen LogP contribution is 2.02. The number of nitrogens with one attached hydrogen (secondary N) is 1. The summed E-state index contributed by atoms with van der Waals surface area (Å²) in [5.41, 5.74) is 5.19. The molecular formula is C7H9N3O3S. The second-order valence-corrected chi connectivity index (χ2v) is 3.39. The SMILES string of the molecule is N[C@@H](CNC(=O)c1nccs1)C(=O)O. The molecule has 0 spiro atoms. The first-order valence-corrected chi connectivity index (χ1v) is 4.65. The second kappa shape index (κ2) is 4.68. The van der Waals surface area contributed by atoms with Gasteiger partial charge >= 0.3 is 5.97 Å². The third-order valence-corrected chi connectivity index (χ3v) is 2.20. The van der Waals surface area contributed by atoms with E-state index in [1.54, 1.807) is 5.38 Å². The van der Waals surface area contributed by atoms with Crippen LogP contribution in [-0.4, -0.2) is 34.6 Å². The minimum absolute atomic E-state index is 0.103. The van der Waals surface area contributed by atoms with Crippen LogP contribution in [0.4, 0.5) is 0 Å². The first-order chi connectivity index (χ1) is 6.61. The number of rotatable bonds is 4. The zero-order chi connectivity index (χ0) is 10.6. The van der Waals surface area contributed by atoms with Crippen LogP contribution in [0.25, 0.3) is 0 Å². The summed E-state index contributed by atoms with van der Waals surface area (Å²) in [5, 5.41) is 12.8. The van der Waals surface area contributed by atoms with Crippen molar-refractivity contribution >= 4 is 23.2 Å². The zero-order valence-corrected chi connectivity index (χ0v) is 7.95. The molecule has 0 aliphatic rings. The smallest absolute Gasteiger partial charge is 0.322 e. The average molecular weight is 215 g/mol. The summed E-state index contributed by atoms with van der Waals surface area (Å²) in [5.74, 6) is -1.55. The van der Waals surface area contributed by atoms with Gasteiger partial charge in [-0.2, -0.15) is 0 Å². The number of carboxylic acid groups (broad SMARTS) is 1. The average Bonchev–Trinajstić information content (AvgIpc) is 2.66. The Kier molecular flexibility index (Phi) is 3.55. The molecule has 7 heteroatoms. The van der Waals surface area contributed by atoms with Crippen LogP contribution in [0.2, 0.25) is 0 Å². The van der Waals surface area contributed by atoms with Crippen LogP contribution >= 0.6 is 11.3 Å². The van der Waals surface area contributed by atoms with Crippen molar-refractivity contribution in [2.24, 2.45) is 5.73 Å². The van der Waals surface area contributed by atoms with Crippen molar-refractivity contribution in [3.05, 3.63) is 16.6 Å². The number of hydrogen-bond donors (Lipinski definition) is 3. The Morgan fingerprint density at radius 2 is 2.43 bits per heavy atom. The van der Waals surface area contributed by atoms with Gasteiger partial charge in [0, 0.05) is 18.1 Å². The Balaban J connectivity index is 2.40. The van der Waals surface area contributed by atoms with E-state index in [-0.39, 0.29) is 6.54 Å². The van der Waals surface area contributed by atoms with Gasteiger partial charge in [0.25, 0.3) is 5.91 Å². The second-order valence-electron chi connectivity index (χ2n) is 2.49. The molecule has 0 radical (unpaired) electrons. The fraction of sp³-hybridized carbons (Fsp3) is 0.286. The van der Waals surface area contributed by atoms with Crippen LogP contribution in [0.15, 0.2) is 11.6 Å². The molecule has 1 heterocycles. The van der Waals surface area contributed by atoms with Crippen molar-refractivity contribution in [3.8, 4) is 0 Å². The number of carbonyl (C=O) groups is 2. The molecule has 1 aromatic heterocycles. The Labute approximate surface area is 83.8 Å². The lowest BCUT2D eigenvalue weighted by Gasteiger charge is -2.06. The van der Waals surface area contributed by atoms with E-state index < -0.39 is 17.9 Å².